The molecular weight excluding hydrogens is 260 g/mol. The third kappa shape index (κ3) is 7.89. The molecule has 0 bridgehead atoms. The molecule has 1 N–H and O–H groups in total. The molecule has 21 heavy (non-hydrogen) atoms. The quantitative estimate of drug-likeness (QED) is 0.385. The number of aromatic hydroxyl groups is 1. The number of rotatable bonds is 12. The standard InChI is InChI=1S/C19H30O2/c1-2-3-4-5-6-7-8-9-10-11-15-18(20)17-14-12-13-16-19(17)21/h12-14,16,21H,2-11,15H2,1H3. The van der Waals surface area contributed by atoms with E-state index in [4.69, 9.17) is 0 Å². The highest BCUT2D eigenvalue weighted by Gasteiger charge is 2.09. The average molecular weight is 290 g/mol. The molecule has 1 rings (SSSR count). The topological polar surface area (TPSA) is 37.3 Å². The number of ketones is 1. The van der Waals surface area contributed by atoms with E-state index in [9.17, 15) is 9.90 Å². The predicted molar refractivity (Wildman–Crippen MR) is 88.9 cm³/mol. The normalized spacial score (nSPS) is 10.7. The van der Waals surface area contributed by atoms with Crippen molar-refractivity contribution in [2.24, 2.45) is 0 Å². The molecule has 1 aromatic rings. The maximum atomic E-state index is 11.9. The number of hydrogen-bond donors (Lipinski definition) is 1. The fourth-order valence-electron chi connectivity index (χ4n) is 2.62. The van der Waals surface area contributed by atoms with Crippen LogP contribution in [0.4, 0.5) is 0 Å². The molecule has 2 heteroatoms. The highest BCUT2D eigenvalue weighted by Crippen LogP contribution is 2.19. The van der Waals surface area contributed by atoms with Gasteiger partial charge in [-0.05, 0) is 18.6 Å². The first-order valence-corrected chi connectivity index (χ1v) is 8.57. The summed E-state index contributed by atoms with van der Waals surface area (Å²) in [5, 5.41) is 9.62. The predicted octanol–water partition coefficient (Wildman–Crippen LogP) is 5.89. The molecule has 0 atom stereocenters. The Hall–Kier alpha value is -1.31. The van der Waals surface area contributed by atoms with Crippen LogP contribution in [0.1, 0.15) is 87.9 Å². The number of para-hydroxylation sites is 1. The summed E-state index contributed by atoms with van der Waals surface area (Å²) >= 11 is 0. The highest BCUT2D eigenvalue weighted by atomic mass is 16.3. The van der Waals surface area contributed by atoms with E-state index in [0.717, 1.165) is 12.8 Å². The van der Waals surface area contributed by atoms with Crippen LogP contribution in [0.3, 0.4) is 0 Å². The van der Waals surface area contributed by atoms with Gasteiger partial charge in [0.1, 0.15) is 5.75 Å². The molecule has 0 aliphatic heterocycles. The van der Waals surface area contributed by atoms with Crippen molar-refractivity contribution < 1.29 is 9.90 Å². The van der Waals surface area contributed by atoms with Gasteiger partial charge in [-0.15, -0.1) is 0 Å². The van der Waals surface area contributed by atoms with Crippen molar-refractivity contribution in [2.45, 2.75) is 77.6 Å². The van der Waals surface area contributed by atoms with Gasteiger partial charge in [-0.3, -0.25) is 4.79 Å². The Bertz CT molecular complexity index is 398. The Morgan fingerprint density at radius 2 is 1.38 bits per heavy atom. The van der Waals surface area contributed by atoms with Crippen molar-refractivity contribution >= 4 is 5.78 Å². The van der Waals surface area contributed by atoms with Crippen LogP contribution < -0.4 is 0 Å². The second-order valence-electron chi connectivity index (χ2n) is 5.87. The maximum absolute atomic E-state index is 11.9. The largest absolute Gasteiger partial charge is 0.507 e. The SMILES string of the molecule is CCCCCCCCCCCCC(=O)c1ccccc1O. The molecule has 0 aliphatic rings. The Balaban J connectivity index is 1.99. The Kier molecular flexibility index (Phi) is 9.60. The third-order valence-electron chi connectivity index (χ3n) is 3.96. The van der Waals surface area contributed by atoms with Crippen LogP contribution >= 0.6 is 0 Å². The van der Waals surface area contributed by atoms with Crippen molar-refractivity contribution in [1.82, 2.24) is 0 Å². The van der Waals surface area contributed by atoms with Gasteiger partial charge in [0.25, 0.3) is 0 Å². The molecule has 0 fully saturated rings. The summed E-state index contributed by atoms with van der Waals surface area (Å²) in [5.41, 5.74) is 0.466. The monoisotopic (exact) mass is 290 g/mol. The van der Waals surface area contributed by atoms with Crippen LogP contribution in [0, 0.1) is 0 Å². The van der Waals surface area contributed by atoms with Gasteiger partial charge in [-0.25, -0.2) is 0 Å². The van der Waals surface area contributed by atoms with E-state index in [2.05, 4.69) is 6.92 Å². The van der Waals surface area contributed by atoms with Gasteiger partial charge in [0.15, 0.2) is 5.78 Å². The lowest BCUT2D eigenvalue weighted by molar-refractivity contribution is 0.0976. The smallest absolute Gasteiger partial charge is 0.166 e. The van der Waals surface area contributed by atoms with Crippen molar-refractivity contribution in [1.29, 1.82) is 0 Å². The van der Waals surface area contributed by atoms with Crippen LogP contribution in [0.15, 0.2) is 24.3 Å². The minimum atomic E-state index is 0.0627. The van der Waals surface area contributed by atoms with E-state index in [1.54, 1.807) is 24.3 Å². The lowest BCUT2D eigenvalue weighted by Crippen LogP contribution is -1.99. The minimum absolute atomic E-state index is 0.0627. The minimum Gasteiger partial charge on any atom is -0.507 e. The van der Waals surface area contributed by atoms with Gasteiger partial charge in [0.05, 0.1) is 5.56 Å². The molecule has 118 valence electrons. The molecule has 0 aromatic heterocycles. The number of hydrogen-bond acceptors (Lipinski definition) is 2. The molecule has 0 heterocycles. The fourth-order valence-corrected chi connectivity index (χ4v) is 2.62. The molecule has 0 saturated carbocycles. The molecule has 0 spiro atoms. The number of phenols is 1. The molecule has 1 aromatic carbocycles. The van der Waals surface area contributed by atoms with Gasteiger partial charge in [-0.2, -0.15) is 0 Å². The molecular formula is C19H30O2. The van der Waals surface area contributed by atoms with Gasteiger partial charge >= 0.3 is 0 Å². The fraction of sp³-hybridized carbons (Fsp3) is 0.632. The van der Waals surface area contributed by atoms with E-state index in [1.807, 2.05) is 0 Å². The summed E-state index contributed by atoms with van der Waals surface area (Å²) < 4.78 is 0. The van der Waals surface area contributed by atoms with E-state index in [0.29, 0.717) is 12.0 Å². The lowest BCUT2D eigenvalue weighted by Gasteiger charge is -2.04. The second kappa shape index (κ2) is 11.4. The van der Waals surface area contributed by atoms with Gasteiger partial charge in [0.2, 0.25) is 0 Å². The summed E-state index contributed by atoms with van der Waals surface area (Å²) in [5.74, 6) is 0.169. The number of unbranched alkanes of at least 4 members (excludes halogenated alkanes) is 9. The molecule has 0 saturated heterocycles. The van der Waals surface area contributed by atoms with Crippen LogP contribution in [0.5, 0.6) is 5.75 Å². The summed E-state index contributed by atoms with van der Waals surface area (Å²) in [6.45, 7) is 2.25. The number of phenolic OH excluding ortho intramolecular Hbond substituents is 1. The van der Waals surface area contributed by atoms with Crippen LogP contribution in [0.25, 0.3) is 0 Å². The zero-order valence-electron chi connectivity index (χ0n) is 13.4. The number of carbonyl (C=O) groups is 1. The first-order valence-electron chi connectivity index (χ1n) is 8.57. The number of Topliss-reactive ketones (excluding diaryl/α,β-unsaturated/α-hetero) is 1. The van der Waals surface area contributed by atoms with Gasteiger partial charge < -0.3 is 5.11 Å². The van der Waals surface area contributed by atoms with E-state index in [1.165, 1.54) is 51.4 Å². The molecule has 0 radical (unpaired) electrons. The molecule has 0 amide bonds. The van der Waals surface area contributed by atoms with E-state index in [-0.39, 0.29) is 11.5 Å². The summed E-state index contributed by atoms with van der Waals surface area (Å²) in [7, 11) is 0. The van der Waals surface area contributed by atoms with Crippen LogP contribution in [0.2, 0.25) is 0 Å². The Morgan fingerprint density at radius 1 is 0.857 bits per heavy atom. The van der Waals surface area contributed by atoms with Gasteiger partial charge in [0, 0.05) is 6.42 Å². The Morgan fingerprint density at radius 3 is 1.95 bits per heavy atom. The van der Waals surface area contributed by atoms with Gasteiger partial charge in [-0.1, -0.05) is 76.8 Å². The third-order valence-corrected chi connectivity index (χ3v) is 3.96. The zero-order chi connectivity index (χ0) is 15.3. The summed E-state index contributed by atoms with van der Waals surface area (Å²) in [6.07, 6.45) is 13.2. The summed E-state index contributed by atoms with van der Waals surface area (Å²) in [4.78, 5) is 11.9. The second-order valence-corrected chi connectivity index (χ2v) is 5.87. The van der Waals surface area contributed by atoms with Crippen molar-refractivity contribution in [3.63, 3.8) is 0 Å². The van der Waals surface area contributed by atoms with Crippen LogP contribution in [-0.2, 0) is 0 Å². The number of benzene rings is 1. The zero-order valence-corrected chi connectivity index (χ0v) is 13.4. The van der Waals surface area contributed by atoms with E-state index >= 15 is 0 Å². The van der Waals surface area contributed by atoms with Crippen LogP contribution in [-0.4, -0.2) is 10.9 Å². The van der Waals surface area contributed by atoms with E-state index < -0.39 is 0 Å². The summed E-state index contributed by atoms with van der Waals surface area (Å²) in [6, 6.07) is 6.82. The average Bonchev–Trinajstić information content (AvgIpc) is 2.49. The molecule has 0 aliphatic carbocycles. The molecule has 2 nitrogen and oxygen atoms in total. The van der Waals surface area contributed by atoms with Crippen molar-refractivity contribution in [2.75, 3.05) is 0 Å². The first kappa shape index (κ1) is 17.7. The highest BCUT2D eigenvalue weighted by molar-refractivity contribution is 5.98. The lowest BCUT2D eigenvalue weighted by atomic mass is 10.0. The maximum Gasteiger partial charge on any atom is 0.166 e. The van der Waals surface area contributed by atoms with Crippen molar-refractivity contribution in [3.8, 4) is 5.75 Å². The first-order chi connectivity index (χ1) is 10.3. The molecule has 0 unspecified atom stereocenters. The Labute approximate surface area is 129 Å². The van der Waals surface area contributed by atoms with Crippen molar-refractivity contribution in [3.05, 3.63) is 29.8 Å². The number of carbonyl (C=O) groups excluding carboxylic acids is 1.